The zero-order valence-electron chi connectivity index (χ0n) is 13.2. The maximum Gasteiger partial charge on any atom is 0.315 e. The van der Waals surface area contributed by atoms with E-state index in [0.29, 0.717) is 19.6 Å². The number of likely N-dealkylation sites (tertiary alicyclic amines) is 1. The van der Waals surface area contributed by atoms with E-state index in [9.17, 15) is 9.59 Å². The second kappa shape index (κ2) is 7.35. The molecule has 1 saturated heterocycles. The van der Waals surface area contributed by atoms with E-state index in [2.05, 4.69) is 10.6 Å². The van der Waals surface area contributed by atoms with E-state index in [1.54, 1.807) is 0 Å². The minimum atomic E-state index is -0.175. The number of amides is 3. The molecule has 0 aliphatic carbocycles. The van der Waals surface area contributed by atoms with Crippen LogP contribution in [-0.2, 0) is 11.2 Å². The Bertz CT molecular complexity index is 576. The highest BCUT2D eigenvalue weighted by Crippen LogP contribution is 2.23. The summed E-state index contributed by atoms with van der Waals surface area (Å²) in [6.07, 6.45) is 3.18. The molecule has 2 aliphatic rings. The Morgan fingerprint density at radius 1 is 1.35 bits per heavy atom. The molecule has 0 spiro atoms. The summed E-state index contributed by atoms with van der Waals surface area (Å²) in [6.45, 7) is 2.63. The summed E-state index contributed by atoms with van der Waals surface area (Å²) in [5, 5.41) is 5.79. The summed E-state index contributed by atoms with van der Waals surface area (Å²) >= 11 is 0. The van der Waals surface area contributed by atoms with Crippen molar-refractivity contribution in [3.05, 3.63) is 29.8 Å². The van der Waals surface area contributed by atoms with E-state index in [1.165, 1.54) is 0 Å². The smallest absolute Gasteiger partial charge is 0.315 e. The van der Waals surface area contributed by atoms with Gasteiger partial charge in [-0.1, -0.05) is 18.2 Å². The molecule has 1 aromatic carbocycles. The summed E-state index contributed by atoms with van der Waals surface area (Å²) in [7, 11) is 0. The fraction of sp³-hybridized carbons (Fsp3) is 0.529. The predicted octanol–water partition coefficient (Wildman–Crippen LogP) is 1.30. The second-order valence-corrected chi connectivity index (χ2v) is 6.06. The number of hydrogen-bond acceptors (Lipinski definition) is 3. The van der Waals surface area contributed by atoms with Gasteiger partial charge in [-0.15, -0.1) is 0 Å². The number of benzene rings is 1. The summed E-state index contributed by atoms with van der Waals surface area (Å²) in [6, 6.07) is 7.71. The molecule has 0 aromatic heterocycles. The van der Waals surface area contributed by atoms with Crippen molar-refractivity contribution in [3.8, 4) is 5.75 Å². The van der Waals surface area contributed by atoms with Crippen LogP contribution in [0.5, 0.6) is 5.75 Å². The van der Waals surface area contributed by atoms with Gasteiger partial charge in [0.2, 0.25) is 5.91 Å². The zero-order chi connectivity index (χ0) is 16.1. The Balaban J connectivity index is 1.34. The third-order valence-electron chi connectivity index (χ3n) is 4.28. The van der Waals surface area contributed by atoms with Crippen LogP contribution in [0, 0.1) is 0 Å². The number of carbonyl (C=O) groups is 2. The van der Waals surface area contributed by atoms with Crippen LogP contribution in [0.2, 0.25) is 0 Å². The molecule has 6 nitrogen and oxygen atoms in total. The largest absolute Gasteiger partial charge is 0.491 e. The molecule has 2 N–H and O–H groups in total. The molecule has 1 atom stereocenters. The lowest BCUT2D eigenvalue weighted by atomic mass is 10.0. The van der Waals surface area contributed by atoms with E-state index in [1.807, 2.05) is 29.2 Å². The van der Waals surface area contributed by atoms with E-state index in [4.69, 9.17) is 4.74 Å². The minimum Gasteiger partial charge on any atom is -0.491 e. The SMILES string of the molecule is O=C(NCCCN1CCCC1=O)N[C@H]1COc2ccccc2C1. The monoisotopic (exact) mass is 317 g/mol. The van der Waals surface area contributed by atoms with Crippen molar-refractivity contribution in [2.45, 2.75) is 31.7 Å². The summed E-state index contributed by atoms with van der Waals surface area (Å²) < 4.78 is 5.66. The number of carbonyl (C=O) groups excluding carboxylic acids is 2. The van der Waals surface area contributed by atoms with Crippen molar-refractivity contribution in [2.24, 2.45) is 0 Å². The van der Waals surface area contributed by atoms with Gasteiger partial charge in [0.05, 0.1) is 6.04 Å². The number of ether oxygens (including phenoxy) is 1. The maximum atomic E-state index is 11.9. The lowest BCUT2D eigenvalue weighted by Crippen LogP contribution is -2.47. The van der Waals surface area contributed by atoms with Gasteiger partial charge in [-0.3, -0.25) is 4.79 Å². The van der Waals surface area contributed by atoms with Crippen LogP contribution in [0.15, 0.2) is 24.3 Å². The number of nitrogens with zero attached hydrogens (tertiary/aromatic N) is 1. The molecular weight excluding hydrogens is 294 g/mol. The van der Waals surface area contributed by atoms with Gasteiger partial charge < -0.3 is 20.3 Å². The van der Waals surface area contributed by atoms with Crippen LogP contribution < -0.4 is 15.4 Å². The quantitative estimate of drug-likeness (QED) is 0.804. The number of rotatable bonds is 5. The molecular formula is C17H23N3O3. The van der Waals surface area contributed by atoms with Crippen molar-refractivity contribution in [1.82, 2.24) is 15.5 Å². The molecule has 2 aliphatic heterocycles. The molecule has 124 valence electrons. The molecule has 23 heavy (non-hydrogen) atoms. The van der Waals surface area contributed by atoms with Gasteiger partial charge >= 0.3 is 6.03 Å². The second-order valence-electron chi connectivity index (χ2n) is 6.06. The van der Waals surface area contributed by atoms with Crippen LogP contribution in [0.4, 0.5) is 4.79 Å². The van der Waals surface area contributed by atoms with Crippen LogP contribution in [0.25, 0.3) is 0 Å². The Hall–Kier alpha value is -2.24. The number of nitrogens with one attached hydrogen (secondary N) is 2. The maximum absolute atomic E-state index is 11.9. The van der Waals surface area contributed by atoms with Gasteiger partial charge in [-0.25, -0.2) is 4.79 Å². The van der Waals surface area contributed by atoms with Crippen molar-refractivity contribution in [2.75, 3.05) is 26.2 Å². The highest BCUT2D eigenvalue weighted by molar-refractivity contribution is 5.78. The highest BCUT2D eigenvalue weighted by Gasteiger charge is 2.21. The molecule has 1 fully saturated rings. The average Bonchev–Trinajstić information content (AvgIpc) is 2.97. The minimum absolute atomic E-state index is 0.00920. The summed E-state index contributed by atoms with van der Waals surface area (Å²) in [4.78, 5) is 25.3. The van der Waals surface area contributed by atoms with Crippen LogP contribution in [-0.4, -0.2) is 49.1 Å². The molecule has 3 amide bonds. The zero-order valence-corrected chi connectivity index (χ0v) is 13.2. The number of urea groups is 1. The Labute approximate surface area is 136 Å². The lowest BCUT2D eigenvalue weighted by molar-refractivity contribution is -0.127. The van der Waals surface area contributed by atoms with Crippen LogP contribution in [0.1, 0.15) is 24.8 Å². The molecule has 6 heteroatoms. The van der Waals surface area contributed by atoms with Crippen molar-refractivity contribution in [1.29, 1.82) is 0 Å². The number of hydrogen-bond donors (Lipinski definition) is 2. The number of fused-ring (bicyclic) bond motifs is 1. The van der Waals surface area contributed by atoms with Crippen molar-refractivity contribution < 1.29 is 14.3 Å². The van der Waals surface area contributed by atoms with Gasteiger partial charge in [0, 0.05) is 26.1 Å². The van der Waals surface area contributed by atoms with E-state index in [0.717, 1.165) is 43.7 Å². The third kappa shape index (κ3) is 4.15. The van der Waals surface area contributed by atoms with E-state index in [-0.39, 0.29) is 18.0 Å². The Morgan fingerprint density at radius 3 is 3.04 bits per heavy atom. The van der Waals surface area contributed by atoms with Gasteiger partial charge in [-0.2, -0.15) is 0 Å². The van der Waals surface area contributed by atoms with Gasteiger partial charge in [0.25, 0.3) is 0 Å². The van der Waals surface area contributed by atoms with E-state index < -0.39 is 0 Å². The molecule has 2 heterocycles. The van der Waals surface area contributed by atoms with Gasteiger partial charge in [-0.05, 0) is 30.9 Å². The molecule has 0 saturated carbocycles. The lowest BCUT2D eigenvalue weighted by Gasteiger charge is -2.26. The number of para-hydroxylation sites is 1. The molecule has 0 radical (unpaired) electrons. The fourth-order valence-electron chi connectivity index (χ4n) is 3.07. The summed E-state index contributed by atoms with van der Waals surface area (Å²) in [5.41, 5.74) is 1.12. The average molecular weight is 317 g/mol. The fourth-order valence-corrected chi connectivity index (χ4v) is 3.07. The first-order valence-corrected chi connectivity index (χ1v) is 8.25. The Morgan fingerprint density at radius 2 is 2.22 bits per heavy atom. The van der Waals surface area contributed by atoms with E-state index >= 15 is 0 Å². The molecule has 0 unspecified atom stereocenters. The Kier molecular flexibility index (Phi) is 5.00. The molecule has 3 rings (SSSR count). The topological polar surface area (TPSA) is 70.7 Å². The summed E-state index contributed by atoms with van der Waals surface area (Å²) in [5.74, 6) is 1.13. The highest BCUT2D eigenvalue weighted by atomic mass is 16.5. The first-order valence-electron chi connectivity index (χ1n) is 8.25. The molecule has 0 bridgehead atoms. The van der Waals surface area contributed by atoms with Crippen LogP contribution in [0.3, 0.4) is 0 Å². The van der Waals surface area contributed by atoms with Gasteiger partial charge in [0.15, 0.2) is 0 Å². The van der Waals surface area contributed by atoms with Crippen LogP contribution >= 0.6 is 0 Å². The predicted molar refractivity (Wildman–Crippen MR) is 86.4 cm³/mol. The first-order chi connectivity index (χ1) is 11.2. The first kappa shape index (κ1) is 15.6. The molecule has 1 aromatic rings. The standard InChI is InChI=1S/C17H23N3O3/c21-16-7-3-9-20(16)10-4-8-18-17(22)19-14-11-13-5-1-2-6-15(13)23-12-14/h1-2,5-6,14H,3-4,7-12H2,(H2,18,19,22)/t14-/m1/s1. The van der Waals surface area contributed by atoms with Crippen molar-refractivity contribution >= 4 is 11.9 Å². The third-order valence-corrected chi connectivity index (χ3v) is 4.28. The van der Waals surface area contributed by atoms with Crippen molar-refractivity contribution in [3.63, 3.8) is 0 Å². The van der Waals surface area contributed by atoms with Gasteiger partial charge in [0.1, 0.15) is 12.4 Å². The normalized spacial score (nSPS) is 19.9.